The van der Waals surface area contributed by atoms with Crippen molar-refractivity contribution in [3.63, 3.8) is 0 Å². The first kappa shape index (κ1) is 14.3. The minimum Gasteiger partial charge on any atom is -0.367 e. The van der Waals surface area contributed by atoms with Crippen molar-refractivity contribution in [1.29, 1.82) is 0 Å². The minimum atomic E-state index is -1.31. The lowest BCUT2D eigenvalue weighted by molar-refractivity contribution is -0.122. The zero-order valence-electron chi connectivity index (χ0n) is 10.9. The summed E-state index contributed by atoms with van der Waals surface area (Å²) < 4.78 is 13.8. The number of nitrogens with one attached hydrogen (secondary N) is 1. The van der Waals surface area contributed by atoms with Gasteiger partial charge in [-0.15, -0.1) is 0 Å². The van der Waals surface area contributed by atoms with Crippen molar-refractivity contribution in [3.8, 4) is 0 Å². The molecule has 1 amide bonds. The van der Waals surface area contributed by atoms with Gasteiger partial charge in [0.1, 0.15) is 11.4 Å². The number of primary amides is 1. The highest BCUT2D eigenvalue weighted by Gasteiger charge is 2.35. The molecule has 2 aromatic carbocycles. The molecule has 3 nitrogen and oxygen atoms in total. The van der Waals surface area contributed by atoms with Crippen LogP contribution in [-0.4, -0.2) is 5.91 Å². The fourth-order valence-corrected chi connectivity index (χ4v) is 2.29. The van der Waals surface area contributed by atoms with E-state index < -0.39 is 17.3 Å². The summed E-state index contributed by atoms with van der Waals surface area (Å²) in [6.45, 7) is 1.57. The molecule has 0 saturated carbocycles. The maximum absolute atomic E-state index is 13.8. The molecule has 0 aromatic heterocycles. The molecule has 0 fully saturated rings. The van der Waals surface area contributed by atoms with Crippen LogP contribution in [0.1, 0.15) is 12.5 Å². The third kappa shape index (κ3) is 2.60. The number of hydrogen-bond acceptors (Lipinski definition) is 2. The fourth-order valence-electron chi connectivity index (χ4n) is 1.96. The Morgan fingerprint density at radius 2 is 1.80 bits per heavy atom. The van der Waals surface area contributed by atoms with E-state index in [9.17, 15) is 9.18 Å². The van der Waals surface area contributed by atoms with E-state index in [0.717, 1.165) is 0 Å². The maximum atomic E-state index is 13.8. The van der Waals surface area contributed by atoms with Crippen LogP contribution in [0.3, 0.4) is 0 Å². The second-order valence-electron chi connectivity index (χ2n) is 4.57. The molecule has 5 heteroatoms. The quantitative estimate of drug-likeness (QED) is 0.908. The molecule has 0 aliphatic carbocycles. The summed E-state index contributed by atoms with van der Waals surface area (Å²) in [5.41, 5.74) is 4.87. The van der Waals surface area contributed by atoms with E-state index in [-0.39, 0.29) is 5.69 Å². The highest BCUT2D eigenvalue weighted by Crippen LogP contribution is 2.32. The van der Waals surface area contributed by atoms with Crippen molar-refractivity contribution >= 4 is 23.2 Å². The van der Waals surface area contributed by atoms with Crippen molar-refractivity contribution in [2.24, 2.45) is 5.73 Å². The summed E-state index contributed by atoms with van der Waals surface area (Å²) in [6.07, 6.45) is 0. The first-order valence-electron chi connectivity index (χ1n) is 6.03. The summed E-state index contributed by atoms with van der Waals surface area (Å²) in [7, 11) is 0. The Labute approximate surface area is 121 Å². The minimum absolute atomic E-state index is 0.189. The van der Waals surface area contributed by atoms with Gasteiger partial charge in [0.25, 0.3) is 0 Å². The lowest BCUT2D eigenvalue weighted by atomic mass is 9.90. The maximum Gasteiger partial charge on any atom is 0.247 e. The number of nitrogens with two attached hydrogens (primary N) is 1. The Kier molecular flexibility index (Phi) is 3.95. The second kappa shape index (κ2) is 5.51. The first-order valence-corrected chi connectivity index (χ1v) is 6.40. The van der Waals surface area contributed by atoms with Crippen molar-refractivity contribution in [2.45, 2.75) is 12.5 Å². The van der Waals surface area contributed by atoms with Crippen LogP contribution >= 0.6 is 11.6 Å². The highest BCUT2D eigenvalue weighted by molar-refractivity contribution is 6.31. The molecule has 1 unspecified atom stereocenters. The van der Waals surface area contributed by atoms with Crippen LogP contribution in [0.4, 0.5) is 10.1 Å². The molecule has 20 heavy (non-hydrogen) atoms. The molecule has 2 rings (SSSR count). The molecule has 1 atom stereocenters. The largest absolute Gasteiger partial charge is 0.367 e. The molecule has 0 bridgehead atoms. The summed E-state index contributed by atoms with van der Waals surface area (Å²) in [4.78, 5) is 11.9. The van der Waals surface area contributed by atoms with E-state index >= 15 is 0 Å². The van der Waals surface area contributed by atoms with Gasteiger partial charge in [0.15, 0.2) is 0 Å². The van der Waals surface area contributed by atoms with Crippen molar-refractivity contribution in [1.82, 2.24) is 0 Å². The van der Waals surface area contributed by atoms with Gasteiger partial charge in [-0.25, -0.2) is 4.39 Å². The number of hydrogen-bond donors (Lipinski definition) is 2. The topological polar surface area (TPSA) is 55.1 Å². The Bertz CT molecular complexity index is 647. The number of benzene rings is 2. The number of anilines is 1. The molecule has 104 valence electrons. The van der Waals surface area contributed by atoms with Gasteiger partial charge in [-0.1, -0.05) is 41.9 Å². The van der Waals surface area contributed by atoms with Crippen LogP contribution in [0.15, 0.2) is 48.5 Å². The van der Waals surface area contributed by atoms with E-state index in [2.05, 4.69) is 5.32 Å². The van der Waals surface area contributed by atoms with E-state index in [0.29, 0.717) is 10.6 Å². The number of amides is 1. The van der Waals surface area contributed by atoms with Gasteiger partial charge < -0.3 is 11.1 Å². The van der Waals surface area contributed by atoms with E-state index in [1.165, 1.54) is 12.1 Å². The van der Waals surface area contributed by atoms with E-state index in [1.54, 1.807) is 43.3 Å². The van der Waals surface area contributed by atoms with Crippen LogP contribution in [0.2, 0.25) is 5.02 Å². The predicted molar refractivity (Wildman–Crippen MR) is 78.0 cm³/mol. The summed E-state index contributed by atoms with van der Waals surface area (Å²) in [5.74, 6) is -1.11. The second-order valence-corrected chi connectivity index (χ2v) is 4.98. The lowest BCUT2D eigenvalue weighted by Gasteiger charge is -2.30. The molecule has 0 radical (unpaired) electrons. The van der Waals surface area contributed by atoms with Gasteiger partial charge in [-0.3, -0.25) is 4.79 Å². The van der Waals surface area contributed by atoms with E-state index in [1.807, 2.05) is 0 Å². The Hall–Kier alpha value is -2.07. The van der Waals surface area contributed by atoms with Gasteiger partial charge in [-0.05, 0) is 25.1 Å². The SMILES string of the molecule is CC(Nc1ccccc1F)(C(N)=O)c1ccccc1Cl. The molecule has 0 aliphatic rings. The van der Waals surface area contributed by atoms with Crippen molar-refractivity contribution in [3.05, 3.63) is 64.9 Å². The molecule has 0 spiro atoms. The molecular formula is C15H14ClFN2O. The molecular weight excluding hydrogens is 279 g/mol. The Morgan fingerprint density at radius 1 is 1.20 bits per heavy atom. The molecule has 2 aromatic rings. The number of halogens is 2. The van der Waals surface area contributed by atoms with Gasteiger partial charge in [0.2, 0.25) is 5.91 Å². The Morgan fingerprint density at radius 3 is 2.40 bits per heavy atom. The number of para-hydroxylation sites is 1. The molecule has 0 heterocycles. The average molecular weight is 293 g/mol. The average Bonchev–Trinajstić information content (AvgIpc) is 2.41. The molecule has 0 aliphatic heterocycles. The monoisotopic (exact) mass is 292 g/mol. The zero-order valence-corrected chi connectivity index (χ0v) is 11.6. The standard InChI is InChI=1S/C15H14ClFN2O/c1-15(14(18)20,10-6-2-3-7-11(10)16)19-13-9-5-4-8-12(13)17/h2-9,19H,1H3,(H2,18,20). The normalized spacial score (nSPS) is 13.6. The number of carbonyl (C=O) groups excluding carboxylic acids is 1. The third-order valence-electron chi connectivity index (χ3n) is 3.16. The third-order valence-corrected chi connectivity index (χ3v) is 3.49. The van der Waals surface area contributed by atoms with Gasteiger partial charge in [0.05, 0.1) is 5.69 Å². The van der Waals surface area contributed by atoms with E-state index in [4.69, 9.17) is 17.3 Å². The Balaban J connectivity index is 2.49. The van der Waals surface area contributed by atoms with Gasteiger partial charge >= 0.3 is 0 Å². The van der Waals surface area contributed by atoms with Crippen LogP contribution in [0.25, 0.3) is 0 Å². The zero-order chi connectivity index (χ0) is 14.8. The van der Waals surface area contributed by atoms with Crippen LogP contribution in [-0.2, 0) is 10.3 Å². The summed E-state index contributed by atoms with van der Waals surface area (Å²) >= 11 is 6.12. The molecule has 0 saturated heterocycles. The predicted octanol–water partition coefficient (Wildman–Crippen LogP) is 3.29. The van der Waals surface area contributed by atoms with Crippen molar-refractivity contribution < 1.29 is 9.18 Å². The van der Waals surface area contributed by atoms with Gasteiger partial charge in [-0.2, -0.15) is 0 Å². The smallest absolute Gasteiger partial charge is 0.247 e. The van der Waals surface area contributed by atoms with Crippen molar-refractivity contribution in [2.75, 3.05) is 5.32 Å². The summed E-state index contributed by atoms with van der Waals surface area (Å²) in [5, 5.41) is 3.23. The fraction of sp³-hybridized carbons (Fsp3) is 0.133. The van der Waals surface area contributed by atoms with Crippen LogP contribution in [0, 0.1) is 5.82 Å². The van der Waals surface area contributed by atoms with Crippen LogP contribution < -0.4 is 11.1 Å². The number of rotatable bonds is 4. The first-order chi connectivity index (χ1) is 9.45. The lowest BCUT2D eigenvalue weighted by Crippen LogP contribution is -2.45. The number of carbonyl (C=O) groups is 1. The summed E-state index contributed by atoms with van der Waals surface area (Å²) in [6, 6.07) is 12.9. The van der Waals surface area contributed by atoms with Gasteiger partial charge in [0, 0.05) is 10.6 Å². The van der Waals surface area contributed by atoms with Crippen LogP contribution in [0.5, 0.6) is 0 Å². The highest BCUT2D eigenvalue weighted by atomic mass is 35.5. The molecule has 3 N–H and O–H groups in total.